The topological polar surface area (TPSA) is 101 Å². The number of aromatic nitrogens is 5. The Morgan fingerprint density at radius 1 is 1.45 bits per heavy atom. The van der Waals surface area contributed by atoms with Crippen molar-refractivity contribution < 1.29 is 9.53 Å². The summed E-state index contributed by atoms with van der Waals surface area (Å²) in [5.74, 6) is 0.188. The second-order valence-corrected chi connectivity index (χ2v) is 4.27. The average molecular weight is 278 g/mol. The quantitative estimate of drug-likeness (QED) is 0.720. The van der Waals surface area contributed by atoms with Gasteiger partial charge in [-0.2, -0.15) is 5.10 Å². The third kappa shape index (κ3) is 2.69. The van der Waals surface area contributed by atoms with Crippen LogP contribution in [-0.2, 0) is 13.1 Å². The minimum atomic E-state index is -0.254. The molecule has 0 aromatic carbocycles. The first kappa shape index (κ1) is 14.2. The molecule has 0 fully saturated rings. The second kappa shape index (κ2) is 6.29. The van der Waals surface area contributed by atoms with E-state index in [1.807, 2.05) is 6.92 Å². The van der Waals surface area contributed by atoms with Gasteiger partial charge in [0, 0.05) is 13.1 Å². The van der Waals surface area contributed by atoms with Crippen molar-refractivity contribution in [3.8, 4) is 5.75 Å². The van der Waals surface area contributed by atoms with Crippen molar-refractivity contribution in [2.45, 2.75) is 26.4 Å². The van der Waals surface area contributed by atoms with E-state index < -0.39 is 0 Å². The Kier molecular flexibility index (Phi) is 4.46. The average Bonchev–Trinajstić information content (AvgIpc) is 3.06. The van der Waals surface area contributed by atoms with Crippen molar-refractivity contribution in [3.05, 3.63) is 23.8 Å². The minimum Gasteiger partial charge on any atom is -0.493 e. The molecular formula is C12H18N6O2. The Bertz CT molecular complexity index is 589. The van der Waals surface area contributed by atoms with Crippen LogP contribution in [0.3, 0.4) is 0 Å². The van der Waals surface area contributed by atoms with Crippen molar-refractivity contribution in [1.82, 2.24) is 24.8 Å². The van der Waals surface area contributed by atoms with E-state index in [1.54, 1.807) is 15.6 Å². The van der Waals surface area contributed by atoms with Crippen LogP contribution in [0.4, 0.5) is 0 Å². The van der Waals surface area contributed by atoms with Gasteiger partial charge in [0.05, 0.1) is 26.0 Å². The first-order valence-corrected chi connectivity index (χ1v) is 6.46. The number of aryl methyl sites for hydroxylation is 1. The number of hydrogen-bond acceptors (Lipinski definition) is 6. The second-order valence-electron chi connectivity index (χ2n) is 4.27. The van der Waals surface area contributed by atoms with Crippen LogP contribution in [0.1, 0.15) is 29.5 Å². The maximum atomic E-state index is 12.5. The lowest BCUT2D eigenvalue weighted by Gasteiger charge is -2.05. The van der Waals surface area contributed by atoms with E-state index in [4.69, 9.17) is 10.5 Å². The van der Waals surface area contributed by atoms with Crippen LogP contribution in [-0.4, -0.2) is 44.2 Å². The molecule has 108 valence electrons. The van der Waals surface area contributed by atoms with E-state index in [1.165, 1.54) is 13.3 Å². The summed E-state index contributed by atoms with van der Waals surface area (Å²) in [5.41, 5.74) is 6.10. The third-order valence-corrected chi connectivity index (χ3v) is 2.81. The van der Waals surface area contributed by atoms with Crippen molar-refractivity contribution in [1.29, 1.82) is 0 Å². The van der Waals surface area contributed by atoms with Crippen molar-refractivity contribution in [2.75, 3.05) is 13.7 Å². The highest BCUT2D eigenvalue weighted by Crippen LogP contribution is 2.20. The molecular weight excluding hydrogens is 260 g/mol. The summed E-state index contributed by atoms with van der Waals surface area (Å²) >= 11 is 0. The lowest BCUT2D eigenvalue weighted by Crippen LogP contribution is -2.13. The molecule has 0 amide bonds. The van der Waals surface area contributed by atoms with Crippen molar-refractivity contribution in [3.63, 3.8) is 0 Å². The van der Waals surface area contributed by atoms with Crippen LogP contribution in [0.25, 0.3) is 0 Å². The van der Waals surface area contributed by atoms with Crippen LogP contribution in [0.15, 0.2) is 12.4 Å². The van der Waals surface area contributed by atoms with Crippen molar-refractivity contribution in [2.24, 2.45) is 5.73 Å². The molecule has 8 heteroatoms. The smallest absolute Gasteiger partial charge is 0.236 e. The predicted octanol–water partition coefficient (Wildman–Crippen LogP) is 0.0829. The number of hydrogen-bond donors (Lipinski definition) is 1. The molecule has 0 atom stereocenters. The molecule has 8 nitrogen and oxygen atoms in total. The number of nitrogens with zero attached hydrogens (tertiary/aromatic N) is 5. The molecule has 0 aliphatic carbocycles. The van der Waals surface area contributed by atoms with E-state index in [0.29, 0.717) is 31.1 Å². The van der Waals surface area contributed by atoms with Crippen LogP contribution in [0.2, 0.25) is 0 Å². The Balaban J connectivity index is 2.33. The maximum absolute atomic E-state index is 12.5. The van der Waals surface area contributed by atoms with Crippen molar-refractivity contribution >= 4 is 5.78 Å². The molecule has 20 heavy (non-hydrogen) atoms. The van der Waals surface area contributed by atoms with Gasteiger partial charge >= 0.3 is 0 Å². The number of nitrogens with two attached hydrogens (primary N) is 1. The number of methoxy groups -OCH3 is 1. The lowest BCUT2D eigenvalue weighted by atomic mass is 10.2. The predicted molar refractivity (Wildman–Crippen MR) is 71.6 cm³/mol. The van der Waals surface area contributed by atoms with Crippen LogP contribution in [0.5, 0.6) is 5.75 Å². The number of carbonyl (C=O) groups excluding carboxylic acids is 1. The van der Waals surface area contributed by atoms with E-state index in [-0.39, 0.29) is 11.5 Å². The Hall–Kier alpha value is -2.22. The first-order valence-electron chi connectivity index (χ1n) is 6.46. The van der Waals surface area contributed by atoms with E-state index in [2.05, 4.69) is 15.4 Å². The van der Waals surface area contributed by atoms with E-state index in [0.717, 1.165) is 6.42 Å². The summed E-state index contributed by atoms with van der Waals surface area (Å²) < 4.78 is 8.36. The molecule has 0 radical (unpaired) electrons. The zero-order valence-corrected chi connectivity index (χ0v) is 11.6. The SMILES string of the molecule is CCCn1ncc(OC)c1C(=O)c1cn(CCN)nn1. The molecule has 0 unspecified atom stereocenters. The van der Waals surface area contributed by atoms with Crippen LogP contribution < -0.4 is 10.5 Å². The Morgan fingerprint density at radius 3 is 2.90 bits per heavy atom. The molecule has 2 aromatic heterocycles. The summed E-state index contributed by atoms with van der Waals surface area (Å²) in [5, 5.41) is 11.9. The lowest BCUT2D eigenvalue weighted by molar-refractivity contribution is 0.102. The molecule has 0 saturated carbocycles. The van der Waals surface area contributed by atoms with Gasteiger partial charge in [0.25, 0.3) is 0 Å². The maximum Gasteiger partial charge on any atom is 0.236 e. The number of ketones is 1. The highest BCUT2D eigenvalue weighted by Gasteiger charge is 2.23. The standard InChI is InChI=1S/C12H18N6O2/c1-3-5-18-11(10(20-2)7-14-18)12(19)9-8-17(6-4-13)16-15-9/h7-8H,3-6,13H2,1-2H3. The number of rotatable bonds is 7. The van der Waals surface area contributed by atoms with Crippen LogP contribution in [0, 0.1) is 0 Å². The molecule has 2 rings (SSSR count). The summed E-state index contributed by atoms with van der Waals surface area (Å²) in [6, 6.07) is 0. The molecule has 0 saturated heterocycles. The van der Waals surface area contributed by atoms with E-state index >= 15 is 0 Å². The fraction of sp³-hybridized carbons (Fsp3) is 0.500. The molecule has 2 N–H and O–H groups in total. The molecule has 0 spiro atoms. The summed E-state index contributed by atoms with van der Waals surface area (Å²) in [6.07, 6.45) is 3.98. The summed E-state index contributed by atoms with van der Waals surface area (Å²) in [4.78, 5) is 12.5. The van der Waals surface area contributed by atoms with Gasteiger partial charge in [0.1, 0.15) is 0 Å². The number of ether oxygens (including phenoxy) is 1. The Morgan fingerprint density at radius 2 is 2.25 bits per heavy atom. The van der Waals surface area contributed by atoms with Crippen LogP contribution >= 0.6 is 0 Å². The zero-order valence-electron chi connectivity index (χ0n) is 11.6. The highest BCUT2D eigenvalue weighted by molar-refractivity contribution is 6.08. The van der Waals surface area contributed by atoms with Gasteiger partial charge in [-0.1, -0.05) is 12.1 Å². The number of carbonyl (C=O) groups is 1. The van der Waals surface area contributed by atoms with Gasteiger partial charge in [-0.15, -0.1) is 5.10 Å². The molecule has 0 bridgehead atoms. The van der Waals surface area contributed by atoms with Gasteiger partial charge in [0.2, 0.25) is 5.78 Å². The first-order chi connectivity index (χ1) is 9.71. The Labute approximate surface area is 116 Å². The summed E-state index contributed by atoms with van der Waals surface area (Å²) in [7, 11) is 1.51. The third-order valence-electron chi connectivity index (χ3n) is 2.81. The van der Waals surface area contributed by atoms with Gasteiger partial charge in [-0.05, 0) is 6.42 Å². The molecule has 2 aromatic rings. The molecule has 2 heterocycles. The molecule has 0 aliphatic rings. The van der Waals surface area contributed by atoms with Gasteiger partial charge in [0.15, 0.2) is 17.1 Å². The van der Waals surface area contributed by atoms with Gasteiger partial charge < -0.3 is 10.5 Å². The fourth-order valence-corrected chi connectivity index (χ4v) is 1.89. The zero-order chi connectivity index (χ0) is 14.5. The van der Waals surface area contributed by atoms with Gasteiger partial charge in [-0.3, -0.25) is 14.2 Å². The van der Waals surface area contributed by atoms with E-state index in [9.17, 15) is 4.79 Å². The highest BCUT2D eigenvalue weighted by atomic mass is 16.5. The largest absolute Gasteiger partial charge is 0.493 e. The minimum absolute atomic E-state index is 0.254. The summed E-state index contributed by atoms with van der Waals surface area (Å²) in [6.45, 7) is 3.61. The van der Waals surface area contributed by atoms with Gasteiger partial charge in [-0.25, -0.2) is 0 Å². The molecule has 0 aliphatic heterocycles. The normalized spacial score (nSPS) is 10.8. The monoisotopic (exact) mass is 278 g/mol. The fourth-order valence-electron chi connectivity index (χ4n) is 1.89.